The number of rotatable bonds is 6. The normalized spacial score (nSPS) is 22.3. The number of carbonyl (C=O) groups is 2. The van der Waals surface area contributed by atoms with E-state index in [4.69, 9.17) is 0 Å². The van der Waals surface area contributed by atoms with Gasteiger partial charge < -0.3 is 5.32 Å². The maximum atomic E-state index is 13.9. The van der Waals surface area contributed by atoms with Gasteiger partial charge in [-0.2, -0.15) is 4.31 Å². The van der Waals surface area contributed by atoms with Crippen molar-refractivity contribution in [1.82, 2.24) is 19.4 Å². The molecule has 1 atom stereocenters. The first-order valence-electron chi connectivity index (χ1n) is 8.93. The molecule has 0 unspecified atom stereocenters. The molecule has 3 amide bonds. The van der Waals surface area contributed by atoms with Crippen LogP contribution in [0, 0.1) is 5.82 Å². The van der Waals surface area contributed by atoms with Crippen molar-refractivity contribution >= 4 is 22.0 Å². The lowest BCUT2D eigenvalue weighted by molar-refractivity contribution is -0.129. The van der Waals surface area contributed by atoms with E-state index in [0.717, 1.165) is 12.5 Å². The number of hydrogen-bond donors (Lipinski definition) is 1. The highest BCUT2D eigenvalue weighted by molar-refractivity contribution is 7.89. The largest absolute Gasteiger partial charge is 0.326 e. The molecule has 0 aromatic heterocycles. The second-order valence-electron chi connectivity index (χ2n) is 6.65. The molecule has 3 rings (SSSR count). The number of urea groups is 1. The minimum atomic E-state index is -3.91. The molecule has 0 spiro atoms. The number of sulfonamides is 1. The van der Waals surface area contributed by atoms with Crippen LogP contribution in [-0.2, 0) is 14.8 Å². The predicted octanol–water partition coefficient (Wildman–Crippen LogP) is 0.810. The Hall–Kier alpha value is -2.04. The molecule has 1 aromatic carbocycles. The van der Waals surface area contributed by atoms with Gasteiger partial charge in [0.1, 0.15) is 16.8 Å². The number of piperazine rings is 1. The first-order valence-corrected chi connectivity index (χ1v) is 10.4. The lowest BCUT2D eigenvalue weighted by atomic mass is 10.2. The monoisotopic (exact) mass is 398 g/mol. The molecule has 2 aliphatic rings. The average Bonchev–Trinajstić information content (AvgIpc) is 2.90. The summed E-state index contributed by atoms with van der Waals surface area (Å²) in [5.41, 5.74) is 0. The predicted molar refractivity (Wildman–Crippen MR) is 95.7 cm³/mol. The first-order chi connectivity index (χ1) is 12.8. The lowest BCUT2D eigenvalue weighted by Crippen LogP contribution is -2.52. The van der Waals surface area contributed by atoms with E-state index in [1.807, 2.05) is 11.8 Å². The summed E-state index contributed by atoms with van der Waals surface area (Å²) < 4.78 is 40.3. The Balaban J connectivity index is 1.60. The summed E-state index contributed by atoms with van der Waals surface area (Å²) in [6.45, 7) is 3.10. The summed E-state index contributed by atoms with van der Waals surface area (Å²) in [7, 11) is -3.91. The van der Waals surface area contributed by atoms with Gasteiger partial charge in [0, 0.05) is 26.2 Å². The molecule has 2 heterocycles. The van der Waals surface area contributed by atoms with Gasteiger partial charge in [0.05, 0.1) is 6.67 Å². The Kier molecular flexibility index (Phi) is 5.78. The SMILES string of the molecule is CCC[C@H]1NC(=O)N(CN2CCN(S(=O)(=O)c3ccccc3F)CC2)C1=O. The van der Waals surface area contributed by atoms with E-state index >= 15 is 0 Å². The quantitative estimate of drug-likeness (QED) is 0.717. The molecule has 0 bridgehead atoms. The van der Waals surface area contributed by atoms with Crippen LogP contribution in [-0.4, -0.2) is 73.4 Å². The van der Waals surface area contributed by atoms with Gasteiger partial charge in [0.25, 0.3) is 5.91 Å². The van der Waals surface area contributed by atoms with Gasteiger partial charge in [-0.05, 0) is 18.6 Å². The van der Waals surface area contributed by atoms with Gasteiger partial charge in [0.15, 0.2) is 0 Å². The zero-order valence-electron chi connectivity index (χ0n) is 15.1. The van der Waals surface area contributed by atoms with Crippen molar-refractivity contribution < 1.29 is 22.4 Å². The second-order valence-corrected chi connectivity index (χ2v) is 8.56. The summed E-state index contributed by atoms with van der Waals surface area (Å²) in [5, 5.41) is 2.67. The highest BCUT2D eigenvalue weighted by Gasteiger charge is 2.39. The topological polar surface area (TPSA) is 90.0 Å². The van der Waals surface area contributed by atoms with Crippen LogP contribution in [0.3, 0.4) is 0 Å². The fraction of sp³-hybridized carbons (Fsp3) is 0.529. The average molecular weight is 398 g/mol. The summed E-state index contributed by atoms with van der Waals surface area (Å²) in [4.78, 5) is 27.0. The van der Waals surface area contributed by atoms with Crippen molar-refractivity contribution in [3.05, 3.63) is 30.1 Å². The summed E-state index contributed by atoms with van der Waals surface area (Å²) in [6.07, 6.45) is 1.38. The second kappa shape index (κ2) is 7.91. The molecule has 2 aliphatic heterocycles. The number of amides is 3. The van der Waals surface area contributed by atoms with E-state index in [-0.39, 0.29) is 30.6 Å². The molecular formula is C17H23FN4O4S. The summed E-state index contributed by atoms with van der Waals surface area (Å²) in [5.74, 6) is -1.02. The van der Waals surface area contributed by atoms with Crippen LogP contribution in [0.2, 0.25) is 0 Å². The number of halogens is 1. The molecule has 8 nitrogen and oxygen atoms in total. The number of benzene rings is 1. The van der Waals surface area contributed by atoms with Gasteiger partial charge >= 0.3 is 6.03 Å². The Morgan fingerprint density at radius 1 is 1.15 bits per heavy atom. The van der Waals surface area contributed by atoms with Crippen molar-refractivity contribution in [3.8, 4) is 0 Å². The fourth-order valence-corrected chi connectivity index (χ4v) is 4.79. The summed E-state index contributed by atoms with van der Waals surface area (Å²) in [6, 6.07) is 4.39. The maximum Gasteiger partial charge on any atom is 0.325 e. The van der Waals surface area contributed by atoms with Gasteiger partial charge in [-0.1, -0.05) is 25.5 Å². The van der Waals surface area contributed by atoms with Gasteiger partial charge in [-0.3, -0.25) is 9.69 Å². The number of imide groups is 1. The molecule has 0 saturated carbocycles. The highest BCUT2D eigenvalue weighted by Crippen LogP contribution is 2.21. The van der Waals surface area contributed by atoms with Gasteiger partial charge in [0.2, 0.25) is 10.0 Å². The van der Waals surface area contributed by atoms with Crippen LogP contribution >= 0.6 is 0 Å². The third-order valence-corrected chi connectivity index (χ3v) is 6.74. The molecule has 27 heavy (non-hydrogen) atoms. The van der Waals surface area contributed by atoms with Crippen LogP contribution in [0.15, 0.2) is 29.2 Å². The van der Waals surface area contributed by atoms with Crippen LogP contribution < -0.4 is 5.32 Å². The standard InChI is InChI=1S/C17H23FN4O4S/c1-2-5-14-16(23)22(17(24)19-14)12-20-8-10-21(11-9-20)27(25,26)15-7-4-3-6-13(15)18/h3-4,6-7,14H,2,5,8-12H2,1H3,(H,19,24)/t14-/m1/s1. The Bertz CT molecular complexity index is 824. The Morgan fingerprint density at radius 3 is 2.44 bits per heavy atom. The molecule has 1 N–H and O–H groups in total. The fourth-order valence-electron chi connectivity index (χ4n) is 3.30. The van der Waals surface area contributed by atoms with Gasteiger partial charge in [-0.25, -0.2) is 22.5 Å². The lowest BCUT2D eigenvalue weighted by Gasteiger charge is -2.35. The smallest absolute Gasteiger partial charge is 0.325 e. The van der Waals surface area contributed by atoms with E-state index in [1.165, 1.54) is 27.4 Å². The van der Waals surface area contributed by atoms with Crippen LogP contribution in [0.25, 0.3) is 0 Å². The van der Waals surface area contributed by atoms with Crippen molar-refractivity contribution in [3.63, 3.8) is 0 Å². The van der Waals surface area contributed by atoms with Crippen LogP contribution in [0.1, 0.15) is 19.8 Å². The van der Waals surface area contributed by atoms with Gasteiger partial charge in [-0.15, -0.1) is 0 Å². The zero-order chi connectivity index (χ0) is 19.6. The number of nitrogens with one attached hydrogen (secondary N) is 1. The zero-order valence-corrected chi connectivity index (χ0v) is 15.9. The molecule has 148 valence electrons. The first kappa shape index (κ1) is 19.7. The number of hydrogen-bond acceptors (Lipinski definition) is 5. The third kappa shape index (κ3) is 3.97. The molecule has 2 fully saturated rings. The highest BCUT2D eigenvalue weighted by atomic mass is 32.2. The van der Waals surface area contributed by atoms with Crippen molar-refractivity contribution in [2.45, 2.75) is 30.7 Å². The van der Waals surface area contributed by atoms with Crippen molar-refractivity contribution in [2.24, 2.45) is 0 Å². The minimum absolute atomic E-state index is 0.123. The molecule has 2 saturated heterocycles. The third-order valence-electron chi connectivity index (χ3n) is 4.81. The van der Waals surface area contributed by atoms with Crippen molar-refractivity contribution in [2.75, 3.05) is 32.8 Å². The van der Waals surface area contributed by atoms with E-state index in [9.17, 15) is 22.4 Å². The van der Waals surface area contributed by atoms with Crippen LogP contribution in [0.4, 0.5) is 9.18 Å². The molecule has 0 aliphatic carbocycles. The van der Waals surface area contributed by atoms with E-state index in [2.05, 4.69) is 5.32 Å². The number of nitrogens with zero attached hydrogens (tertiary/aromatic N) is 3. The maximum absolute atomic E-state index is 13.9. The van der Waals surface area contributed by atoms with E-state index < -0.39 is 27.9 Å². The molecular weight excluding hydrogens is 375 g/mol. The Morgan fingerprint density at radius 2 is 1.81 bits per heavy atom. The molecule has 0 radical (unpaired) electrons. The van der Waals surface area contributed by atoms with Crippen molar-refractivity contribution in [1.29, 1.82) is 0 Å². The van der Waals surface area contributed by atoms with Crippen LogP contribution in [0.5, 0.6) is 0 Å². The summed E-state index contributed by atoms with van der Waals surface area (Å²) >= 11 is 0. The van der Waals surface area contributed by atoms with E-state index in [1.54, 1.807) is 0 Å². The molecule has 10 heteroatoms. The minimum Gasteiger partial charge on any atom is -0.326 e. The molecule has 1 aromatic rings. The van der Waals surface area contributed by atoms with E-state index in [0.29, 0.717) is 19.5 Å². The number of carbonyl (C=O) groups excluding carboxylic acids is 2. The Labute approximate surface area is 158 Å².